The molecule has 2 rings (SSSR count). The summed E-state index contributed by atoms with van der Waals surface area (Å²) in [6, 6.07) is 8.24. The normalized spacial score (nSPS) is 9.42. The number of benzene rings is 2. The van der Waals surface area contributed by atoms with Crippen LogP contribution in [0.5, 0.6) is 23.0 Å². The standard InChI is InChI=1S/C8H8O5.C8H8O3/c1-13-8(12)4-2-5(9)7(11)6(10)3-4;1-11-8(10)6-4-2-3-5-7(6)9/h2-3,9-11H,1H3;2-5,9H,1H3. The number of rotatable bonds is 2. The monoisotopic (exact) mass is 336 g/mol. The molecule has 0 radical (unpaired) electrons. The van der Waals surface area contributed by atoms with Gasteiger partial charge >= 0.3 is 11.9 Å². The Kier molecular flexibility index (Phi) is 6.42. The number of carbonyl (C=O) groups is 2. The molecule has 0 aliphatic carbocycles. The van der Waals surface area contributed by atoms with E-state index in [0.29, 0.717) is 0 Å². The lowest BCUT2D eigenvalue weighted by molar-refractivity contribution is 0.0589. The summed E-state index contributed by atoms with van der Waals surface area (Å²) in [5.41, 5.74) is 0.158. The van der Waals surface area contributed by atoms with Gasteiger partial charge in [-0.05, 0) is 24.3 Å². The average molecular weight is 336 g/mol. The minimum Gasteiger partial charge on any atom is -0.507 e. The number of para-hydroxylation sites is 1. The molecule has 8 heteroatoms. The van der Waals surface area contributed by atoms with Crippen LogP contribution in [0.2, 0.25) is 0 Å². The molecule has 0 aliphatic rings. The molecule has 24 heavy (non-hydrogen) atoms. The molecule has 128 valence electrons. The summed E-state index contributed by atoms with van der Waals surface area (Å²) < 4.78 is 8.76. The SMILES string of the molecule is COC(=O)c1cc(O)c(O)c(O)c1.COC(=O)c1ccccc1O. The molecule has 2 aromatic carbocycles. The third-order valence-corrected chi connectivity index (χ3v) is 2.80. The molecule has 2 aromatic rings. The zero-order valence-corrected chi connectivity index (χ0v) is 12.9. The fourth-order valence-corrected chi connectivity index (χ4v) is 1.60. The number of carbonyl (C=O) groups excluding carboxylic acids is 2. The van der Waals surface area contributed by atoms with Gasteiger partial charge in [-0.3, -0.25) is 0 Å². The number of hydrogen-bond acceptors (Lipinski definition) is 8. The van der Waals surface area contributed by atoms with E-state index >= 15 is 0 Å². The number of aromatic hydroxyl groups is 4. The number of esters is 2. The lowest BCUT2D eigenvalue weighted by Crippen LogP contribution is -2.00. The molecular weight excluding hydrogens is 320 g/mol. The van der Waals surface area contributed by atoms with Crippen LogP contribution in [0, 0.1) is 0 Å². The third-order valence-electron chi connectivity index (χ3n) is 2.80. The minimum atomic E-state index is -0.703. The Balaban J connectivity index is 0.000000243. The van der Waals surface area contributed by atoms with Crippen LogP contribution in [0.25, 0.3) is 0 Å². The number of phenolic OH excluding ortho intramolecular Hbond substituents is 4. The number of phenols is 4. The maximum atomic E-state index is 10.9. The van der Waals surface area contributed by atoms with Gasteiger partial charge in [0.1, 0.15) is 11.3 Å². The van der Waals surface area contributed by atoms with E-state index in [-0.39, 0.29) is 16.9 Å². The molecule has 0 aromatic heterocycles. The van der Waals surface area contributed by atoms with E-state index in [4.69, 9.17) is 20.4 Å². The van der Waals surface area contributed by atoms with Gasteiger partial charge in [0.05, 0.1) is 19.8 Å². The van der Waals surface area contributed by atoms with Crippen molar-refractivity contribution >= 4 is 11.9 Å². The second-order valence-electron chi connectivity index (χ2n) is 4.36. The number of ether oxygens (including phenoxy) is 2. The Morgan fingerprint density at radius 1 is 0.792 bits per heavy atom. The van der Waals surface area contributed by atoms with E-state index in [1.807, 2.05) is 0 Å². The van der Waals surface area contributed by atoms with Crippen molar-refractivity contribution < 1.29 is 39.5 Å². The number of hydrogen-bond donors (Lipinski definition) is 4. The van der Waals surface area contributed by atoms with Gasteiger partial charge in [0.2, 0.25) is 0 Å². The fourth-order valence-electron chi connectivity index (χ4n) is 1.60. The van der Waals surface area contributed by atoms with Gasteiger partial charge < -0.3 is 29.9 Å². The van der Waals surface area contributed by atoms with E-state index in [1.54, 1.807) is 12.1 Å². The van der Waals surface area contributed by atoms with Crippen LogP contribution in [-0.4, -0.2) is 46.6 Å². The summed E-state index contributed by atoms with van der Waals surface area (Å²) in [6.45, 7) is 0. The fraction of sp³-hybridized carbons (Fsp3) is 0.125. The van der Waals surface area contributed by atoms with Crippen molar-refractivity contribution in [2.75, 3.05) is 14.2 Å². The summed E-state index contributed by atoms with van der Waals surface area (Å²) in [6.07, 6.45) is 0. The van der Waals surface area contributed by atoms with Crippen LogP contribution in [0.3, 0.4) is 0 Å². The molecule has 0 saturated heterocycles. The van der Waals surface area contributed by atoms with Crippen LogP contribution in [0.1, 0.15) is 20.7 Å². The van der Waals surface area contributed by atoms with Crippen molar-refractivity contribution in [2.24, 2.45) is 0 Å². The van der Waals surface area contributed by atoms with Crippen LogP contribution >= 0.6 is 0 Å². The maximum absolute atomic E-state index is 10.9. The highest BCUT2D eigenvalue weighted by atomic mass is 16.5. The molecular formula is C16H16O8. The average Bonchev–Trinajstić information content (AvgIpc) is 2.58. The van der Waals surface area contributed by atoms with Crippen LogP contribution in [-0.2, 0) is 9.47 Å². The Bertz CT molecular complexity index is 716. The van der Waals surface area contributed by atoms with Gasteiger partial charge in [-0.1, -0.05) is 12.1 Å². The highest BCUT2D eigenvalue weighted by Crippen LogP contribution is 2.35. The molecule has 0 atom stereocenters. The van der Waals surface area contributed by atoms with Gasteiger partial charge in [-0.25, -0.2) is 9.59 Å². The molecule has 0 aliphatic heterocycles. The molecule has 0 heterocycles. The van der Waals surface area contributed by atoms with Gasteiger partial charge in [0.15, 0.2) is 17.2 Å². The highest BCUT2D eigenvalue weighted by Gasteiger charge is 2.13. The van der Waals surface area contributed by atoms with Gasteiger partial charge in [-0.2, -0.15) is 0 Å². The maximum Gasteiger partial charge on any atom is 0.341 e. The highest BCUT2D eigenvalue weighted by molar-refractivity contribution is 5.92. The van der Waals surface area contributed by atoms with Gasteiger partial charge in [-0.15, -0.1) is 0 Å². The first kappa shape index (κ1) is 18.6. The summed E-state index contributed by atoms with van der Waals surface area (Å²) >= 11 is 0. The van der Waals surface area contributed by atoms with E-state index in [0.717, 1.165) is 12.1 Å². The summed E-state index contributed by atoms with van der Waals surface area (Å²) in [7, 11) is 2.44. The van der Waals surface area contributed by atoms with Crippen LogP contribution in [0.15, 0.2) is 36.4 Å². The zero-order chi connectivity index (χ0) is 18.3. The Morgan fingerprint density at radius 2 is 1.29 bits per heavy atom. The topological polar surface area (TPSA) is 134 Å². The van der Waals surface area contributed by atoms with Crippen molar-refractivity contribution in [3.05, 3.63) is 47.5 Å². The predicted molar refractivity (Wildman–Crippen MR) is 82.2 cm³/mol. The van der Waals surface area contributed by atoms with Crippen LogP contribution < -0.4 is 0 Å². The first-order chi connectivity index (χ1) is 11.3. The van der Waals surface area contributed by atoms with Gasteiger partial charge in [0.25, 0.3) is 0 Å². The first-order valence-electron chi connectivity index (χ1n) is 6.51. The largest absolute Gasteiger partial charge is 0.507 e. The molecule has 0 unspecified atom stereocenters. The Hall–Kier alpha value is -3.42. The first-order valence-corrected chi connectivity index (χ1v) is 6.51. The molecule has 0 amide bonds. The summed E-state index contributed by atoms with van der Waals surface area (Å²) in [4.78, 5) is 21.8. The summed E-state index contributed by atoms with van der Waals surface area (Å²) in [5.74, 6) is -3.08. The van der Waals surface area contributed by atoms with Crippen LogP contribution in [0.4, 0.5) is 0 Å². The lowest BCUT2D eigenvalue weighted by Gasteiger charge is -2.03. The molecule has 8 nitrogen and oxygen atoms in total. The predicted octanol–water partition coefficient (Wildman–Crippen LogP) is 1.77. The molecule has 4 N–H and O–H groups in total. The molecule has 0 fully saturated rings. The van der Waals surface area contributed by atoms with E-state index in [1.165, 1.54) is 26.4 Å². The molecule has 0 saturated carbocycles. The quantitative estimate of drug-likeness (QED) is 0.481. The Morgan fingerprint density at radius 3 is 1.75 bits per heavy atom. The van der Waals surface area contributed by atoms with Crippen molar-refractivity contribution in [2.45, 2.75) is 0 Å². The van der Waals surface area contributed by atoms with Crippen molar-refractivity contribution in [3.8, 4) is 23.0 Å². The third kappa shape index (κ3) is 4.54. The van der Waals surface area contributed by atoms with E-state index in [9.17, 15) is 9.59 Å². The van der Waals surface area contributed by atoms with E-state index < -0.39 is 29.2 Å². The minimum absolute atomic E-state index is 0.0321. The second kappa shape index (κ2) is 8.28. The van der Waals surface area contributed by atoms with Crippen molar-refractivity contribution in [1.82, 2.24) is 0 Å². The van der Waals surface area contributed by atoms with Crippen molar-refractivity contribution in [3.63, 3.8) is 0 Å². The van der Waals surface area contributed by atoms with Gasteiger partial charge in [0, 0.05) is 0 Å². The molecule has 0 spiro atoms. The Labute approximate surface area is 137 Å². The van der Waals surface area contributed by atoms with E-state index in [2.05, 4.69) is 9.47 Å². The second-order valence-corrected chi connectivity index (χ2v) is 4.36. The summed E-state index contributed by atoms with van der Waals surface area (Å²) in [5, 5.41) is 36.1. The van der Waals surface area contributed by atoms with Crippen molar-refractivity contribution in [1.29, 1.82) is 0 Å². The number of methoxy groups -OCH3 is 2. The lowest BCUT2D eigenvalue weighted by atomic mass is 10.2. The molecule has 0 bridgehead atoms. The zero-order valence-electron chi connectivity index (χ0n) is 12.9. The smallest absolute Gasteiger partial charge is 0.341 e.